The summed E-state index contributed by atoms with van der Waals surface area (Å²) in [6, 6.07) is 8.83. The van der Waals surface area contributed by atoms with Crippen molar-refractivity contribution in [1.82, 2.24) is 25.0 Å². The lowest BCUT2D eigenvalue weighted by Crippen LogP contribution is -2.11. The molecule has 2 heterocycles. The Morgan fingerprint density at radius 1 is 1.32 bits per heavy atom. The maximum Gasteiger partial charge on any atom is 0.338 e. The number of aromatic nitrogens is 5. The average Bonchev–Trinajstić information content (AvgIpc) is 3.19. The number of carbonyl (C=O) groups is 1. The van der Waals surface area contributed by atoms with Crippen molar-refractivity contribution in [2.75, 3.05) is 6.61 Å². The molecule has 0 aliphatic rings. The number of nitrogens with zero attached hydrogens (tertiary/aromatic N) is 4. The maximum atomic E-state index is 11.9. The number of aromatic amines is 1. The molecule has 0 spiro atoms. The van der Waals surface area contributed by atoms with Gasteiger partial charge in [-0.05, 0) is 25.1 Å². The van der Waals surface area contributed by atoms with Crippen LogP contribution in [0, 0.1) is 6.92 Å². The largest absolute Gasteiger partial charge is 0.460 e. The van der Waals surface area contributed by atoms with Crippen LogP contribution in [0.15, 0.2) is 42.7 Å². The summed E-state index contributed by atoms with van der Waals surface area (Å²) in [5, 5.41) is 10.9. The Labute approximate surface area is 127 Å². The van der Waals surface area contributed by atoms with Crippen LogP contribution in [-0.4, -0.2) is 37.5 Å². The molecule has 22 heavy (non-hydrogen) atoms. The Kier molecular flexibility index (Phi) is 3.95. The Morgan fingerprint density at radius 2 is 2.14 bits per heavy atom. The number of hydrogen-bond acceptors (Lipinski definition) is 5. The van der Waals surface area contributed by atoms with Crippen molar-refractivity contribution >= 4 is 5.97 Å². The molecule has 3 rings (SSSR count). The number of aryl methyl sites for hydroxylation is 1. The fourth-order valence-electron chi connectivity index (χ4n) is 1.98. The number of carbonyl (C=O) groups excluding carboxylic acids is 1. The summed E-state index contributed by atoms with van der Waals surface area (Å²) in [6.45, 7) is 2.65. The van der Waals surface area contributed by atoms with E-state index in [1.165, 1.54) is 0 Å². The molecule has 0 unspecified atom stereocenters. The van der Waals surface area contributed by atoms with E-state index in [0.717, 1.165) is 11.4 Å². The van der Waals surface area contributed by atoms with Crippen molar-refractivity contribution in [2.24, 2.45) is 0 Å². The summed E-state index contributed by atoms with van der Waals surface area (Å²) in [6.07, 6.45) is 3.51. The van der Waals surface area contributed by atoms with Crippen molar-refractivity contribution in [3.8, 4) is 11.4 Å². The van der Waals surface area contributed by atoms with Crippen LogP contribution in [0.3, 0.4) is 0 Å². The molecule has 1 N–H and O–H groups in total. The highest BCUT2D eigenvalue weighted by atomic mass is 16.5. The van der Waals surface area contributed by atoms with Gasteiger partial charge in [-0.25, -0.2) is 9.78 Å². The van der Waals surface area contributed by atoms with E-state index >= 15 is 0 Å². The summed E-state index contributed by atoms with van der Waals surface area (Å²) in [5.74, 6) is 0.998. The second-order valence-corrected chi connectivity index (χ2v) is 4.73. The monoisotopic (exact) mass is 297 g/mol. The van der Waals surface area contributed by atoms with Crippen LogP contribution in [0.4, 0.5) is 0 Å². The number of ether oxygens (including phenoxy) is 1. The minimum absolute atomic E-state index is 0.280. The molecule has 0 aliphatic carbocycles. The highest BCUT2D eigenvalue weighted by molar-refractivity contribution is 5.89. The molecule has 2 aromatic heterocycles. The third kappa shape index (κ3) is 3.20. The minimum Gasteiger partial charge on any atom is -0.460 e. The van der Waals surface area contributed by atoms with Gasteiger partial charge in [0, 0.05) is 18.0 Å². The molecular formula is C15H15N5O2. The molecule has 7 nitrogen and oxygen atoms in total. The molecular weight excluding hydrogens is 282 g/mol. The van der Waals surface area contributed by atoms with Gasteiger partial charge in [-0.1, -0.05) is 12.1 Å². The fourth-order valence-corrected chi connectivity index (χ4v) is 1.98. The third-order valence-corrected chi connectivity index (χ3v) is 3.09. The van der Waals surface area contributed by atoms with Crippen LogP contribution >= 0.6 is 0 Å². The SMILES string of the molecule is Cc1nc(-c2ccc(C(=O)OCCn3cccn3)cc2)n[nH]1. The molecule has 0 bridgehead atoms. The highest BCUT2D eigenvalue weighted by Crippen LogP contribution is 2.15. The number of hydrogen-bond donors (Lipinski definition) is 1. The fraction of sp³-hybridized carbons (Fsp3) is 0.200. The average molecular weight is 297 g/mol. The summed E-state index contributed by atoms with van der Waals surface area (Å²) in [4.78, 5) is 16.2. The standard InChI is InChI=1S/C15H15N5O2/c1-11-17-14(19-18-11)12-3-5-13(6-4-12)15(21)22-10-9-20-8-2-7-16-20/h2-8H,9-10H2,1H3,(H,17,18,19). The lowest BCUT2D eigenvalue weighted by atomic mass is 10.1. The van der Waals surface area contributed by atoms with Gasteiger partial charge >= 0.3 is 5.97 Å². The second-order valence-electron chi connectivity index (χ2n) is 4.73. The molecule has 0 aliphatic heterocycles. The quantitative estimate of drug-likeness (QED) is 0.726. The minimum atomic E-state index is -0.357. The van der Waals surface area contributed by atoms with Gasteiger partial charge in [0.15, 0.2) is 5.82 Å². The Balaban J connectivity index is 1.58. The second kappa shape index (κ2) is 6.21. The summed E-state index contributed by atoms with van der Waals surface area (Å²) in [7, 11) is 0. The zero-order valence-corrected chi connectivity index (χ0v) is 12.1. The lowest BCUT2D eigenvalue weighted by molar-refractivity contribution is 0.0487. The molecule has 0 atom stereocenters. The van der Waals surface area contributed by atoms with Crippen LogP contribution in [0.1, 0.15) is 16.2 Å². The highest BCUT2D eigenvalue weighted by Gasteiger charge is 2.09. The van der Waals surface area contributed by atoms with Crippen molar-refractivity contribution in [3.05, 3.63) is 54.1 Å². The smallest absolute Gasteiger partial charge is 0.338 e. The van der Waals surface area contributed by atoms with Gasteiger partial charge in [0.25, 0.3) is 0 Å². The number of esters is 1. The molecule has 1 aromatic carbocycles. The van der Waals surface area contributed by atoms with Gasteiger partial charge in [0.1, 0.15) is 12.4 Å². The van der Waals surface area contributed by atoms with Crippen molar-refractivity contribution in [1.29, 1.82) is 0 Å². The normalized spacial score (nSPS) is 10.6. The molecule has 0 saturated heterocycles. The molecule has 0 radical (unpaired) electrons. The van der Waals surface area contributed by atoms with Gasteiger partial charge in [-0.15, -0.1) is 0 Å². The Hall–Kier alpha value is -2.96. The summed E-state index contributed by atoms with van der Waals surface area (Å²) < 4.78 is 6.92. The molecule has 0 fully saturated rings. The molecule has 7 heteroatoms. The summed E-state index contributed by atoms with van der Waals surface area (Å²) >= 11 is 0. The van der Waals surface area contributed by atoms with Gasteiger partial charge in [0.2, 0.25) is 0 Å². The van der Waals surface area contributed by atoms with Gasteiger partial charge < -0.3 is 4.74 Å². The lowest BCUT2D eigenvalue weighted by Gasteiger charge is -2.05. The van der Waals surface area contributed by atoms with Gasteiger partial charge in [0.05, 0.1) is 12.1 Å². The zero-order valence-electron chi connectivity index (χ0n) is 12.1. The van der Waals surface area contributed by atoms with E-state index in [4.69, 9.17) is 4.74 Å². The van der Waals surface area contributed by atoms with Gasteiger partial charge in [-0.3, -0.25) is 9.78 Å². The molecule has 112 valence electrons. The predicted octanol–water partition coefficient (Wildman–Crippen LogP) is 1.83. The number of benzene rings is 1. The van der Waals surface area contributed by atoms with Crippen LogP contribution in [-0.2, 0) is 11.3 Å². The third-order valence-electron chi connectivity index (χ3n) is 3.09. The van der Waals surface area contributed by atoms with E-state index in [2.05, 4.69) is 20.3 Å². The van der Waals surface area contributed by atoms with Crippen molar-refractivity contribution < 1.29 is 9.53 Å². The zero-order chi connectivity index (χ0) is 15.4. The van der Waals surface area contributed by atoms with Crippen molar-refractivity contribution in [3.63, 3.8) is 0 Å². The Morgan fingerprint density at radius 3 is 2.77 bits per heavy atom. The van der Waals surface area contributed by atoms with E-state index in [0.29, 0.717) is 17.9 Å². The number of rotatable bonds is 5. The molecule has 0 saturated carbocycles. The van der Waals surface area contributed by atoms with E-state index in [1.807, 2.05) is 19.2 Å². The van der Waals surface area contributed by atoms with E-state index in [9.17, 15) is 4.79 Å². The van der Waals surface area contributed by atoms with Gasteiger partial charge in [-0.2, -0.15) is 10.2 Å². The topological polar surface area (TPSA) is 85.7 Å². The van der Waals surface area contributed by atoms with E-state index < -0.39 is 0 Å². The first kappa shape index (κ1) is 14.0. The van der Waals surface area contributed by atoms with Crippen LogP contribution in [0.5, 0.6) is 0 Å². The number of H-pyrrole nitrogens is 1. The van der Waals surface area contributed by atoms with Crippen LogP contribution in [0.2, 0.25) is 0 Å². The van der Waals surface area contributed by atoms with E-state index in [-0.39, 0.29) is 12.6 Å². The van der Waals surface area contributed by atoms with Crippen LogP contribution < -0.4 is 0 Å². The number of nitrogens with one attached hydrogen (secondary N) is 1. The van der Waals surface area contributed by atoms with Crippen LogP contribution in [0.25, 0.3) is 11.4 Å². The van der Waals surface area contributed by atoms with E-state index in [1.54, 1.807) is 35.1 Å². The molecule has 0 amide bonds. The first-order valence-electron chi connectivity index (χ1n) is 6.86. The Bertz CT molecular complexity index is 747. The predicted molar refractivity (Wildman–Crippen MR) is 79.1 cm³/mol. The summed E-state index contributed by atoms with van der Waals surface area (Å²) in [5.41, 5.74) is 1.34. The molecule has 3 aromatic rings. The first-order valence-corrected chi connectivity index (χ1v) is 6.86. The maximum absolute atomic E-state index is 11.9. The first-order chi connectivity index (χ1) is 10.7. The van der Waals surface area contributed by atoms with Crippen molar-refractivity contribution in [2.45, 2.75) is 13.5 Å².